The summed E-state index contributed by atoms with van der Waals surface area (Å²) in [6.45, 7) is 0.467. The van der Waals surface area contributed by atoms with E-state index in [1.807, 2.05) is 6.07 Å². The van der Waals surface area contributed by atoms with Crippen molar-refractivity contribution >= 4 is 49.5 Å². The van der Waals surface area contributed by atoms with E-state index in [0.29, 0.717) is 25.1 Å². The number of anilines is 1. The molecule has 2 N–H and O–H groups in total. The summed E-state index contributed by atoms with van der Waals surface area (Å²) in [6.07, 6.45) is 1.21. The normalized spacial score (nSPS) is 18.4. The molecule has 19 heavy (non-hydrogen) atoms. The molecule has 1 saturated heterocycles. The first kappa shape index (κ1) is 14.3. The quantitative estimate of drug-likeness (QED) is 0.812. The van der Waals surface area contributed by atoms with E-state index in [2.05, 4.69) is 37.2 Å². The van der Waals surface area contributed by atoms with Gasteiger partial charge in [-0.05, 0) is 47.0 Å². The van der Waals surface area contributed by atoms with Gasteiger partial charge in [-0.2, -0.15) is 0 Å². The first-order chi connectivity index (χ1) is 8.99. The van der Waals surface area contributed by atoms with Gasteiger partial charge in [-0.1, -0.05) is 15.9 Å². The number of carbonyl (C=O) groups excluding carboxylic acids is 1. The van der Waals surface area contributed by atoms with Crippen molar-refractivity contribution in [1.82, 2.24) is 4.90 Å². The van der Waals surface area contributed by atoms with Crippen LogP contribution < -0.4 is 5.32 Å². The molecule has 1 aliphatic rings. The highest BCUT2D eigenvalue weighted by molar-refractivity contribution is 9.11. The molecular formula is C12H12Br2N2O3. The molecular weight excluding hydrogens is 380 g/mol. The molecule has 0 aromatic heterocycles. The van der Waals surface area contributed by atoms with Crippen LogP contribution in [0.1, 0.15) is 12.8 Å². The lowest BCUT2D eigenvalue weighted by Crippen LogP contribution is -2.42. The molecule has 0 radical (unpaired) electrons. The Balaban J connectivity index is 2.12. The van der Waals surface area contributed by atoms with Crippen LogP contribution in [0, 0.1) is 0 Å². The number of hydrogen-bond donors (Lipinski definition) is 2. The number of likely N-dealkylation sites (tertiary alicyclic amines) is 1. The Morgan fingerprint density at radius 3 is 2.79 bits per heavy atom. The number of aliphatic carboxylic acids is 1. The van der Waals surface area contributed by atoms with Crippen LogP contribution in [0.2, 0.25) is 0 Å². The van der Waals surface area contributed by atoms with Gasteiger partial charge in [-0.25, -0.2) is 9.59 Å². The van der Waals surface area contributed by atoms with Crippen LogP contribution in [-0.2, 0) is 4.79 Å². The first-order valence-electron chi connectivity index (χ1n) is 5.74. The van der Waals surface area contributed by atoms with Gasteiger partial charge in [0, 0.05) is 15.5 Å². The summed E-state index contributed by atoms with van der Waals surface area (Å²) in [7, 11) is 0. The topological polar surface area (TPSA) is 69.6 Å². The second-order valence-electron chi connectivity index (χ2n) is 4.24. The maximum absolute atomic E-state index is 12.1. The van der Waals surface area contributed by atoms with Crippen LogP contribution >= 0.6 is 31.9 Å². The van der Waals surface area contributed by atoms with Gasteiger partial charge in [0.25, 0.3) is 0 Å². The van der Waals surface area contributed by atoms with Crippen LogP contribution in [-0.4, -0.2) is 34.6 Å². The fourth-order valence-electron chi connectivity index (χ4n) is 2.05. The van der Waals surface area contributed by atoms with E-state index in [1.165, 1.54) is 4.90 Å². The Kier molecular flexibility index (Phi) is 4.46. The summed E-state index contributed by atoms with van der Waals surface area (Å²) in [6, 6.07) is 4.29. The standard InChI is InChI=1S/C12H12Br2N2O3/c13-7-3-4-8(14)9(6-7)15-12(19)16-5-1-2-10(16)11(17)18/h3-4,6,10H,1-2,5H2,(H,15,19)(H,17,18). The molecule has 5 nitrogen and oxygen atoms in total. The van der Waals surface area contributed by atoms with Crippen molar-refractivity contribution in [3.8, 4) is 0 Å². The minimum Gasteiger partial charge on any atom is -0.480 e. The van der Waals surface area contributed by atoms with E-state index in [9.17, 15) is 9.59 Å². The highest BCUT2D eigenvalue weighted by Gasteiger charge is 2.34. The van der Waals surface area contributed by atoms with Crippen molar-refractivity contribution < 1.29 is 14.7 Å². The predicted molar refractivity (Wildman–Crippen MR) is 78.2 cm³/mol. The van der Waals surface area contributed by atoms with E-state index in [0.717, 1.165) is 8.95 Å². The summed E-state index contributed by atoms with van der Waals surface area (Å²) in [5, 5.41) is 11.8. The number of carboxylic acids is 1. The van der Waals surface area contributed by atoms with Gasteiger partial charge in [0.2, 0.25) is 0 Å². The van der Waals surface area contributed by atoms with Crippen LogP contribution in [0.25, 0.3) is 0 Å². The van der Waals surface area contributed by atoms with Crippen molar-refractivity contribution in [2.45, 2.75) is 18.9 Å². The summed E-state index contributed by atoms with van der Waals surface area (Å²) in [5.74, 6) is -0.957. The lowest BCUT2D eigenvalue weighted by molar-refractivity contribution is -0.141. The molecule has 0 aliphatic carbocycles. The number of halogens is 2. The minimum absolute atomic E-state index is 0.385. The van der Waals surface area contributed by atoms with E-state index < -0.39 is 12.0 Å². The summed E-state index contributed by atoms with van der Waals surface area (Å²) in [5.41, 5.74) is 0.607. The molecule has 0 bridgehead atoms. The average molecular weight is 392 g/mol. The molecule has 1 atom stereocenters. The van der Waals surface area contributed by atoms with Crippen molar-refractivity contribution in [3.05, 3.63) is 27.1 Å². The van der Waals surface area contributed by atoms with Gasteiger partial charge < -0.3 is 15.3 Å². The molecule has 1 unspecified atom stereocenters. The number of nitrogens with one attached hydrogen (secondary N) is 1. The predicted octanol–water partition coefficient (Wildman–Crippen LogP) is 3.29. The van der Waals surface area contributed by atoms with Crippen LogP contribution in [0.15, 0.2) is 27.1 Å². The Morgan fingerprint density at radius 2 is 2.11 bits per heavy atom. The molecule has 2 amide bonds. The number of urea groups is 1. The molecule has 7 heteroatoms. The number of carboxylic acid groups (broad SMARTS) is 1. The summed E-state index contributed by atoms with van der Waals surface area (Å²) in [4.78, 5) is 24.5. The molecule has 2 rings (SSSR count). The third-order valence-electron chi connectivity index (χ3n) is 2.97. The van der Waals surface area contributed by atoms with Gasteiger partial charge in [-0.15, -0.1) is 0 Å². The molecule has 1 aliphatic heterocycles. The van der Waals surface area contributed by atoms with Crippen LogP contribution in [0.4, 0.5) is 10.5 Å². The van der Waals surface area contributed by atoms with E-state index in [4.69, 9.17) is 5.11 Å². The zero-order valence-corrected chi connectivity index (χ0v) is 13.1. The van der Waals surface area contributed by atoms with Crippen molar-refractivity contribution in [2.75, 3.05) is 11.9 Å². The maximum Gasteiger partial charge on any atom is 0.326 e. The smallest absolute Gasteiger partial charge is 0.326 e. The average Bonchev–Trinajstić information content (AvgIpc) is 2.83. The molecule has 1 aromatic rings. The molecule has 1 heterocycles. The van der Waals surface area contributed by atoms with E-state index in [-0.39, 0.29) is 6.03 Å². The van der Waals surface area contributed by atoms with Gasteiger partial charge >= 0.3 is 12.0 Å². The van der Waals surface area contributed by atoms with Crippen molar-refractivity contribution in [3.63, 3.8) is 0 Å². The number of rotatable bonds is 2. The lowest BCUT2D eigenvalue weighted by Gasteiger charge is -2.22. The second kappa shape index (κ2) is 5.92. The SMILES string of the molecule is O=C(O)C1CCCN1C(=O)Nc1cc(Br)ccc1Br. The van der Waals surface area contributed by atoms with Gasteiger partial charge in [0.1, 0.15) is 6.04 Å². The minimum atomic E-state index is -0.957. The third kappa shape index (κ3) is 3.27. The fraction of sp³-hybridized carbons (Fsp3) is 0.333. The Labute approximate surface area is 127 Å². The number of amides is 2. The highest BCUT2D eigenvalue weighted by Crippen LogP contribution is 2.27. The van der Waals surface area contributed by atoms with Crippen LogP contribution in [0.5, 0.6) is 0 Å². The third-order valence-corrected chi connectivity index (χ3v) is 4.15. The lowest BCUT2D eigenvalue weighted by atomic mass is 10.2. The van der Waals surface area contributed by atoms with Crippen LogP contribution in [0.3, 0.4) is 0 Å². The molecule has 1 aromatic carbocycles. The number of carbonyl (C=O) groups is 2. The van der Waals surface area contributed by atoms with Crippen molar-refractivity contribution in [1.29, 1.82) is 0 Å². The second-order valence-corrected chi connectivity index (χ2v) is 6.01. The first-order valence-corrected chi connectivity index (χ1v) is 7.33. The number of hydrogen-bond acceptors (Lipinski definition) is 2. The molecule has 102 valence electrons. The summed E-state index contributed by atoms with van der Waals surface area (Å²) < 4.78 is 1.58. The van der Waals surface area contributed by atoms with E-state index in [1.54, 1.807) is 12.1 Å². The van der Waals surface area contributed by atoms with Gasteiger partial charge in [0.15, 0.2) is 0 Å². The molecule has 0 spiro atoms. The number of benzene rings is 1. The Hall–Kier alpha value is -1.08. The Morgan fingerprint density at radius 1 is 1.37 bits per heavy atom. The molecule has 0 saturated carbocycles. The molecule has 1 fully saturated rings. The summed E-state index contributed by atoms with van der Waals surface area (Å²) >= 11 is 6.67. The number of nitrogens with zero attached hydrogens (tertiary/aromatic N) is 1. The largest absolute Gasteiger partial charge is 0.480 e. The Bertz CT molecular complexity index is 522. The highest BCUT2D eigenvalue weighted by atomic mass is 79.9. The monoisotopic (exact) mass is 390 g/mol. The van der Waals surface area contributed by atoms with Crippen molar-refractivity contribution in [2.24, 2.45) is 0 Å². The fourth-order valence-corrected chi connectivity index (χ4v) is 2.75. The van der Waals surface area contributed by atoms with Gasteiger partial charge in [-0.3, -0.25) is 0 Å². The zero-order chi connectivity index (χ0) is 14.0. The van der Waals surface area contributed by atoms with Gasteiger partial charge in [0.05, 0.1) is 5.69 Å². The zero-order valence-electron chi connectivity index (χ0n) is 9.90. The van der Waals surface area contributed by atoms with E-state index >= 15 is 0 Å². The maximum atomic E-state index is 12.1.